The Bertz CT molecular complexity index is 1740. The van der Waals surface area contributed by atoms with Crippen molar-refractivity contribution in [2.24, 2.45) is 0 Å². The van der Waals surface area contributed by atoms with Gasteiger partial charge in [0.15, 0.2) is 5.82 Å². The van der Waals surface area contributed by atoms with Crippen molar-refractivity contribution < 1.29 is 33.7 Å². The summed E-state index contributed by atoms with van der Waals surface area (Å²) in [7, 11) is 0. The smallest absolute Gasteiger partial charge is 0.328 e. The van der Waals surface area contributed by atoms with E-state index in [0.29, 0.717) is 76.2 Å². The van der Waals surface area contributed by atoms with E-state index in [2.05, 4.69) is 37.0 Å². The number of anilines is 2. The fourth-order valence-electron chi connectivity index (χ4n) is 6.09. The van der Waals surface area contributed by atoms with Crippen LogP contribution in [-0.4, -0.2) is 100 Å². The monoisotopic (exact) mass is 674 g/mol. The zero-order chi connectivity index (χ0) is 34.0. The average molecular weight is 675 g/mol. The average Bonchev–Trinajstić information content (AvgIpc) is 3.87. The lowest BCUT2D eigenvalue weighted by atomic mass is 10.0. The van der Waals surface area contributed by atoms with Crippen LogP contribution in [0.15, 0.2) is 49.1 Å². The number of amides is 4. The Labute approximate surface area is 283 Å². The number of ether oxygens (including phenoxy) is 3. The summed E-state index contributed by atoms with van der Waals surface area (Å²) in [5, 5.41) is 28.2. The first-order valence-electron chi connectivity index (χ1n) is 16.7. The number of H-pyrrole nitrogens is 1. The lowest BCUT2D eigenvalue weighted by Gasteiger charge is -2.27. The van der Waals surface area contributed by atoms with Crippen LogP contribution >= 0.6 is 0 Å². The molecule has 1 aliphatic carbocycles. The van der Waals surface area contributed by atoms with Gasteiger partial charge in [-0.2, -0.15) is 10.2 Å². The molecule has 4 heterocycles. The van der Waals surface area contributed by atoms with Crippen molar-refractivity contribution in [3.8, 4) is 0 Å². The van der Waals surface area contributed by atoms with Crippen molar-refractivity contribution in [1.82, 2.24) is 30.3 Å². The molecule has 2 atom stereocenters. The molecule has 1 aliphatic heterocycles. The number of benzene rings is 1. The number of pyridine rings is 1. The normalized spacial score (nSPS) is 17.9. The van der Waals surface area contributed by atoms with Crippen LogP contribution in [0.5, 0.6) is 0 Å². The molecule has 4 amide bonds. The zero-order valence-corrected chi connectivity index (χ0v) is 27.3. The molecule has 0 bridgehead atoms. The molecule has 0 spiro atoms. The molecule has 1 saturated heterocycles. The summed E-state index contributed by atoms with van der Waals surface area (Å²) in [4.78, 5) is 42.3. The van der Waals surface area contributed by atoms with Crippen molar-refractivity contribution in [3.05, 3.63) is 65.9 Å². The summed E-state index contributed by atoms with van der Waals surface area (Å²) in [6.45, 7) is 3.72. The minimum Gasteiger partial charge on any atom is -0.393 e. The van der Waals surface area contributed by atoms with E-state index >= 15 is 0 Å². The van der Waals surface area contributed by atoms with Crippen LogP contribution in [0, 0.1) is 0 Å². The molecule has 2 fully saturated rings. The fourth-order valence-corrected chi connectivity index (χ4v) is 6.09. The summed E-state index contributed by atoms with van der Waals surface area (Å²) in [6.07, 6.45) is 10.7. The first-order valence-corrected chi connectivity index (χ1v) is 16.7. The molecule has 6 rings (SSSR count). The summed E-state index contributed by atoms with van der Waals surface area (Å²) < 4.78 is 18.6. The van der Waals surface area contributed by atoms with Gasteiger partial charge in [-0.15, -0.1) is 0 Å². The Morgan fingerprint density at radius 2 is 1.82 bits per heavy atom. The number of urea groups is 1. The highest BCUT2D eigenvalue weighted by molar-refractivity contribution is 6.09. The number of aliphatic hydroxyl groups is 1. The summed E-state index contributed by atoms with van der Waals surface area (Å²) in [6, 6.07) is 7.52. The van der Waals surface area contributed by atoms with Gasteiger partial charge < -0.3 is 24.6 Å². The van der Waals surface area contributed by atoms with Crippen LogP contribution in [0.4, 0.5) is 16.3 Å². The Balaban J connectivity index is 0.795. The van der Waals surface area contributed by atoms with Crippen molar-refractivity contribution in [2.75, 3.05) is 56.4 Å². The molecule has 4 N–H and O–H groups in total. The van der Waals surface area contributed by atoms with Crippen LogP contribution in [0.1, 0.15) is 59.6 Å². The lowest BCUT2D eigenvalue weighted by molar-refractivity contribution is -0.120. The topological polar surface area (TPSA) is 186 Å². The minimum atomic E-state index is -0.421. The predicted octanol–water partition coefficient (Wildman–Crippen LogP) is 3.16. The molecule has 3 aromatic heterocycles. The SMILES string of the molecule is O=C1CCN(c2cncc3cc(CCCOCCOCCOCCn4cc(C(=O)Nc5cc([C@H]6CC[C@@H](O)C6)[nH]n5)cn4)ccc23)C(=O)N1. The van der Waals surface area contributed by atoms with E-state index in [-0.39, 0.29) is 30.3 Å². The molecule has 2 aliphatic rings. The number of aromatic amines is 1. The molecule has 49 heavy (non-hydrogen) atoms. The molecule has 0 unspecified atom stereocenters. The summed E-state index contributed by atoms with van der Waals surface area (Å²) >= 11 is 0. The lowest BCUT2D eigenvalue weighted by Crippen LogP contribution is -2.49. The van der Waals surface area contributed by atoms with E-state index in [9.17, 15) is 19.5 Å². The number of nitrogens with zero attached hydrogens (tertiary/aromatic N) is 5. The van der Waals surface area contributed by atoms with Crippen molar-refractivity contribution in [3.63, 3.8) is 0 Å². The summed E-state index contributed by atoms with van der Waals surface area (Å²) in [5.41, 5.74) is 3.20. The number of hydrogen-bond donors (Lipinski definition) is 4. The third-order valence-corrected chi connectivity index (χ3v) is 8.69. The van der Waals surface area contributed by atoms with Crippen molar-refractivity contribution in [1.29, 1.82) is 0 Å². The zero-order valence-electron chi connectivity index (χ0n) is 27.3. The van der Waals surface area contributed by atoms with Gasteiger partial charge in [0.05, 0.1) is 69.3 Å². The van der Waals surface area contributed by atoms with E-state index < -0.39 is 6.03 Å². The van der Waals surface area contributed by atoms with Crippen LogP contribution in [0.2, 0.25) is 0 Å². The standard InChI is InChI=1S/C34H42N8O7/c43-27-5-4-24(17-27)29-18-31(40-39-29)37-33(45)26-20-36-41(22-26)9-11-48-13-15-49-14-12-47-10-1-2-23-3-6-28-25(16-23)19-35-21-30(28)42-8-7-32(44)38-34(42)46/h3,6,16,18-22,24,27,43H,1-2,4-5,7-15,17H2,(H,38,44,46)(H2,37,39,40,45)/t24-,27+/m0/s1. The second-order valence-electron chi connectivity index (χ2n) is 12.2. The second-order valence-corrected chi connectivity index (χ2v) is 12.2. The number of hydrogen-bond acceptors (Lipinski definition) is 10. The third kappa shape index (κ3) is 9.26. The number of carbonyl (C=O) groups is 3. The Kier molecular flexibility index (Phi) is 11.6. The first kappa shape index (κ1) is 34.2. The minimum absolute atomic E-state index is 0.234. The first-order chi connectivity index (χ1) is 23.9. The number of imide groups is 1. The third-order valence-electron chi connectivity index (χ3n) is 8.69. The van der Waals surface area contributed by atoms with E-state index in [0.717, 1.165) is 47.7 Å². The van der Waals surface area contributed by atoms with Gasteiger partial charge in [-0.25, -0.2) is 4.79 Å². The quantitative estimate of drug-likeness (QED) is 0.121. The Morgan fingerprint density at radius 3 is 2.61 bits per heavy atom. The highest BCUT2D eigenvalue weighted by atomic mass is 16.5. The van der Waals surface area contributed by atoms with Gasteiger partial charge in [0.2, 0.25) is 5.91 Å². The number of carbonyl (C=O) groups excluding carboxylic acids is 3. The number of aryl methyl sites for hydroxylation is 1. The van der Waals surface area contributed by atoms with Gasteiger partial charge in [-0.05, 0) is 43.7 Å². The number of fused-ring (bicyclic) bond motifs is 1. The van der Waals surface area contributed by atoms with Gasteiger partial charge in [0.1, 0.15) is 0 Å². The van der Waals surface area contributed by atoms with E-state index in [1.165, 1.54) is 6.20 Å². The van der Waals surface area contributed by atoms with Crippen molar-refractivity contribution in [2.45, 2.75) is 57.1 Å². The molecule has 0 radical (unpaired) electrons. The van der Waals surface area contributed by atoms with Gasteiger partial charge >= 0.3 is 6.03 Å². The van der Waals surface area contributed by atoms with Gasteiger partial charge in [0, 0.05) is 60.4 Å². The maximum atomic E-state index is 12.6. The molecule has 15 nitrogen and oxygen atoms in total. The Hall–Kier alpha value is -4.70. The predicted molar refractivity (Wildman–Crippen MR) is 179 cm³/mol. The Morgan fingerprint density at radius 1 is 1.00 bits per heavy atom. The van der Waals surface area contributed by atoms with Crippen LogP contribution < -0.4 is 15.5 Å². The van der Waals surface area contributed by atoms with Gasteiger partial charge in [-0.1, -0.05) is 12.1 Å². The molecule has 4 aromatic rings. The molecule has 260 valence electrons. The highest BCUT2D eigenvalue weighted by Gasteiger charge is 2.27. The van der Waals surface area contributed by atoms with Crippen LogP contribution in [-0.2, 0) is 32.0 Å². The van der Waals surface area contributed by atoms with E-state index in [1.807, 2.05) is 18.2 Å². The number of aromatic nitrogens is 5. The van der Waals surface area contributed by atoms with Crippen molar-refractivity contribution >= 4 is 40.1 Å². The molecular weight excluding hydrogens is 632 g/mol. The van der Waals surface area contributed by atoms with Crippen LogP contribution in [0.3, 0.4) is 0 Å². The van der Waals surface area contributed by atoms with Gasteiger partial charge in [-0.3, -0.25) is 34.6 Å². The van der Waals surface area contributed by atoms with E-state index in [1.54, 1.807) is 28.2 Å². The van der Waals surface area contributed by atoms with Crippen LogP contribution in [0.25, 0.3) is 10.8 Å². The number of rotatable bonds is 17. The molecule has 15 heteroatoms. The maximum Gasteiger partial charge on any atom is 0.328 e. The summed E-state index contributed by atoms with van der Waals surface area (Å²) in [5.74, 6) is 0.129. The van der Waals surface area contributed by atoms with E-state index in [4.69, 9.17) is 14.2 Å². The van der Waals surface area contributed by atoms with Gasteiger partial charge in [0.25, 0.3) is 5.91 Å². The fraction of sp³-hybridized carbons (Fsp3) is 0.471. The second kappa shape index (κ2) is 16.6. The largest absolute Gasteiger partial charge is 0.393 e. The maximum absolute atomic E-state index is 12.6. The molecule has 1 saturated carbocycles. The highest BCUT2D eigenvalue weighted by Crippen LogP contribution is 2.34. The molecule has 1 aromatic carbocycles. The molecular formula is C34H42N8O7. The number of nitrogens with one attached hydrogen (secondary N) is 3. The number of aliphatic hydroxyl groups excluding tert-OH is 1.